The van der Waals surface area contributed by atoms with Crippen LogP contribution in [0.5, 0.6) is 0 Å². The fraction of sp³-hybridized carbons (Fsp3) is 0.125. The van der Waals surface area contributed by atoms with E-state index >= 15 is 0 Å². The molecule has 0 unspecified atom stereocenters. The van der Waals surface area contributed by atoms with Crippen LogP contribution in [0.2, 0.25) is 0 Å². The summed E-state index contributed by atoms with van der Waals surface area (Å²) in [5, 5.41) is 9.24. The van der Waals surface area contributed by atoms with Crippen LogP contribution in [0.3, 0.4) is 0 Å². The van der Waals surface area contributed by atoms with Gasteiger partial charge in [0, 0.05) is 18.3 Å². The maximum absolute atomic E-state index is 12.4. The third-order valence-electron chi connectivity index (χ3n) is 3.70. The number of fused-ring (bicyclic) bond motifs is 1. The topological polar surface area (TPSA) is 145 Å². The third kappa shape index (κ3) is 3.20. The Morgan fingerprint density at radius 3 is 2.48 bits per heavy atom. The molecule has 3 rings (SSSR count). The van der Waals surface area contributed by atoms with Crippen LogP contribution in [0.4, 0.5) is 5.95 Å². The molecular weight excluding hydrogens is 326 g/mol. The molecule has 128 valence electrons. The van der Waals surface area contributed by atoms with E-state index < -0.39 is 5.97 Å². The van der Waals surface area contributed by atoms with Crippen LogP contribution >= 0.6 is 0 Å². The summed E-state index contributed by atoms with van der Waals surface area (Å²) in [7, 11) is 1.60. The van der Waals surface area contributed by atoms with Gasteiger partial charge in [0.05, 0.1) is 17.5 Å². The lowest BCUT2D eigenvalue weighted by molar-refractivity contribution is 0.0695. The number of hydrogen-bond donors (Lipinski definition) is 4. The van der Waals surface area contributed by atoms with Crippen molar-refractivity contribution < 1.29 is 14.7 Å². The maximum atomic E-state index is 12.4. The van der Waals surface area contributed by atoms with Crippen LogP contribution in [0.25, 0.3) is 11.0 Å². The molecule has 25 heavy (non-hydrogen) atoms. The summed E-state index contributed by atoms with van der Waals surface area (Å²) in [6.07, 6.45) is 0. The Bertz CT molecular complexity index is 1020. The van der Waals surface area contributed by atoms with Crippen LogP contribution in [0.1, 0.15) is 26.4 Å². The second kappa shape index (κ2) is 6.11. The zero-order chi connectivity index (χ0) is 18.1. The Labute approximate surface area is 141 Å². The average molecular weight is 341 g/mol. The molecule has 0 radical (unpaired) electrons. The van der Waals surface area contributed by atoms with Gasteiger partial charge in [-0.05, 0) is 30.3 Å². The van der Waals surface area contributed by atoms with E-state index in [-0.39, 0.29) is 29.5 Å². The number of carboxylic acids is 1. The highest BCUT2D eigenvalue weighted by Gasteiger charge is 2.15. The summed E-state index contributed by atoms with van der Waals surface area (Å²) >= 11 is 0. The lowest BCUT2D eigenvalue weighted by Crippen LogP contribution is -2.26. The molecule has 9 heteroatoms. The van der Waals surface area contributed by atoms with Gasteiger partial charge in [0.15, 0.2) is 0 Å². The van der Waals surface area contributed by atoms with Gasteiger partial charge >= 0.3 is 5.97 Å². The molecule has 1 aromatic carbocycles. The predicted molar refractivity (Wildman–Crippen MR) is 90.3 cm³/mol. The zero-order valence-corrected chi connectivity index (χ0v) is 13.2. The maximum Gasteiger partial charge on any atom is 0.335 e. The zero-order valence-electron chi connectivity index (χ0n) is 13.2. The van der Waals surface area contributed by atoms with E-state index in [1.54, 1.807) is 13.1 Å². The Morgan fingerprint density at radius 2 is 1.84 bits per heavy atom. The molecule has 0 aliphatic heterocycles. The van der Waals surface area contributed by atoms with Gasteiger partial charge in [-0.1, -0.05) is 0 Å². The first-order chi connectivity index (χ1) is 11.8. The number of nitrogens with one attached hydrogen (secondary N) is 2. The summed E-state index contributed by atoms with van der Waals surface area (Å²) in [5.74, 6) is -1.33. The smallest absolute Gasteiger partial charge is 0.335 e. The highest BCUT2D eigenvalue weighted by atomic mass is 16.4. The van der Waals surface area contributed by atoms with Gasteiger partial charge in [-0.15, -0.1) is 0 Å². The number of anilines is 1. The van der Waals surface area contributed by atoms with Crippen molar-refractivity contribution in [3.63, 3.8) is 0 Å². The number of aromatic carboxylic acids is 1. The van der Waals surface area contributed by atoms with E-state index in [4.69, 9.17) is 10.8 Å². The van der Waals surface area contributed by atoms with Crippen LogP contribution in [-0.4, -0.2) is 43.9 Å². The van der Waals surface area contributed by atoms with Gasteiger partial charge in [-0.25, -0.2) is 4.79 Å². The second-order valence-corrected chi connectivity index (χ2v) is 5.55. The van der Waals surface area contributed by atoms with Gasteiger partial charge in [0.25, 0.3) is 11.5 Å². The van der Waals surface area contributed by atoms with Gasteiger partial charge in [0.1, 0.15) is 5.65 Å². The van der Waals surface area contributed by atoms with Crippen molar-refractivity contribution in [3.05, 3.63) is 57.5 Å². The van der Waals surface area contributed by atoms with Crippen molar-refractivity contribution in [1.82, 2.24) is 19.9 Å². The molecule has 2 aromatic heterocycles. The number of carbonyl (C=O) groups excluding carboxylic acids is 1. The van der Waals surface area contributed by atoms with Crippen molar-refractivity contribution in [2.75, 3.05) is 12.8 Å². The molecular formula is C16H15N5O4. The molecule has 0 saturated carbocycles. The van der Waals surface area contributed by atoms with Gasteiger partial charge < -0.3 is 20.7 Å². The van der Waals surface area contributed by atoms with Gasteiger partial charge in [-0.2, -0.15) is 4.98 Å². The number of nitrogen functional groups attached to an aromatic ring is 1. The summed E-state index contributed by atoms with van der Waals surface area (Å²) in [4.78, 5) is 45.9. The minimum Gasteiger partial charge on any atom is -0.478 e. The van der Waals surface area contributed by atoms with E-state index in [9.17, 15) is 14.4 Å². The summed E-state index contributed by atoms with van der Waals surface area (Å²) < 4.78 is 0. The van der Waals surface area contributed by atoms with Crippen molar-refractivity contribution in [1.29, 1.82) is 0 Å². The monoisotopic (exact) mass is 341 g/mol. The molecule has 0 atom stereocenters. The highest BCUT2D eigenvalue weighted by molar-refractivity contribution is 5.95. The fourth-order valence-electron chi connectivity index (χ4n) is 2.48. The van der Waals surface area contributed by atoms with Crippen LogP contribution in [0, 0.1) is 0 Å². The number of H-pyrrole nitrogens is 2. The van der Waals surface area contributed by atoms with Crippen LogP contribution < -0.4 is 11.3 Å². The summed E-state index contributed by atoms with van der Waals surface area (Å²) in [5.41, 5.74) is 6.59. The number of amides is 1. The van der Waals surface area contributed by atoms with Crippen LogP contribution in [0.15, 0.2) is 35.1 Å². The van der Waals surface area contributed by atoms with E-state index in [0.29, 0.717) is 22.3 Å². The Balaban J connectivity index is 1.80. The number of benzene rings is 1. The predicted octanol–water partition coefficient (Wildman–Crippen LogP) is 0.804. The number of aromatic nitrogens is 3. The minimum atomic E-state index is -1.05. The first-order valence-electron chi connectivity index (χ1n) is 7.31. The largest absolute Gasteiger partial charge is 0.478 e. The van der Waals surface area contributed by atoms with Crippen LogP contribution in [-0.2, 0) is 6.54 Å². The molecule has 0 spiro atoms. The molecule has 0 fully saturated rings. The lowest BCUT2D eigenvalue weighted by Gasteiger charge is -2.16. The average Bonchev–Trinajstić information content (AvgIpc) is 2.96. The third-order valence-corrected chi connectivity index (χ3v) is 3.70. The standard InChI is InChI=1S/C16H15N5O4/c1-21(14(23)8-2-4-9(5-3-8)15(24)25)7-10-6-11-12(18-10)19-16(17)20-13(11)22/h2-6H,7H2,1H3,(H,24,25)(H4,17,18,19,20,22). The van der Waals surface area contributed by atoms with Gasteiger partial charge in [0.2, 0.25) is 5.95 Å². The lowest BCUT2D eigenvalue weighted by atomic mass is 10.1. The number of aromatic amines is 2. The van der Waals surface area contributed by atoms with Crippen molar-refractivity contribution >= 4 is 28.9 Å². The fourth-order valence-corrected chi connectivity index (χ4v) is 2.48. The van der Waals surface area contributed by atoms with Crippen molar-refractivity contribution in [3.8, 4) is 0 Å². The molecule has 0 saturated heterocycles. The number of carboxylic acid groups (broad SMARTS) is 1. The molecule has 1 amide bonds. The number of nitrogens with two attached hydrogens (primary N) is 1. The first kappa shape index (κ1) is 16.2. The summed E-state index contributed by atoms with van der Waals surface area (Å²) in [6, 6.07) is 7.27. The van der Waals surface area contributed by atoms with E-state index in [2.05, 4.69) is 15.0 Å². The Morgan fingerprint density at radius 1 is 1.20 bits per heavy atom. The van der Waals surface area contributed by atoms with E-state index in [1.165, 1.54) is 29.2 Å². The normalized spacial score (nSPS) is 10.8. The van der Waals surface area contributed by atoms with Gasteiger partial charge in [-0.3, -0.25) is 14.6 Å². The number of hydrogen-bond acceptors (Lipinski definition) is 5. The van der Waals surface area contributed by atoms with E-state index in [0.717, 1.165) is 0 Å². The molecule has 5 N–H and O–H groups in total. The summed E-state index contributed by atoms with van der Waals surface area (Å²) in [6.45, 7) is 0.217. The minimum absolute atomic E-state index is 0.00820. The molecule has 0 aliphatic rings. The highest BCUT2D eigenvalue weighted by Crippen LogP contribution is 2.13. The van der Waals surface area contributed by atoms with E-state index in [1.807, 2.05) is 0 Å². The molecule has 0 aliphatic carbocycles. The molecule has 9 nitrogen and oxygen atoms in total. The second-order valence-electron chi connectivity index (χ2n) is 5.55. The van der Waals surface area contributed by atoms with Crippen molar-refractivity contribution in [2.24, 2.45) is 0 Å². The quantitative estimate of drug-likeness (QED) is 0.552. The number of nitrogens with zero attached hydrogens (tertiary/aromatic N) is 2. The Hall–Kier alpha value is -3.62. The first-order valence-corrected chi connectivity index (χ1v) is 7.31. The SMILES string of the molecule is CN(Cc1cc2c(=O)[nH]c(N)nc2[nH]1)C(=O)c1ccc(C(=O)O)cc1. The molecule has 0 bridgehead atoms. The van der Waals surface area contributed by atoms with Crippen molar-refractivity contribution in [2.45, 2.75) is 6.54 Å². The molecule has 3 aromatic rings. The number of rotatable bonds is 4. The molecule has 2 heterocycles. The Kier molecular flexibility index (Phi) is 3.97. The number of carbonyl (C=O) groups is 2.